The summed E-state index contributed by atoms with van der Waals surface area (Å²) in [7, 11) is 0. The third-order valence-electron chi connectivity index (χ3n) is 4.75. The van der Waals surface area contributed by atoms with Crippen LogP contribution >= 0.6 is 23.2 Å². The topological polar surface area (TPSA) is 41.9 Å². The van der Waals surface area contributed by atoms with Crippen LogP contribution in [0, 0.1) is 0 Å². The molecule has 0 saturated carbocycles. The van der Waals surface area contributed by atoms with E-state index in [0.29, 0.717) is 10.8 Å². The summed E-state index contributed by atoms with van der Waals surface area (Å²) in [5.41, 5.74) is 4.08. The number of hydrogen-bond donors (Lipinski definition) is 0. The van der Waals surface area contributed by atoms with Gasteiger partial charge in [-0.15, -0.1) is 0 Å². The second kappa shape index (κ2) is 6.48. The number of rotatable bonds is 2. The molecule has 132 valence electrons. The molecule has 5 rings (SSSR count). The van der Waals surface area contributed by atoms with Gasteiger partial charge >= 0.3 is 0 Å². The van der Waals surface area contributed by atoms with Crippen molar-refractivity contribution in [2.45, 2.75) is 6.42 Å². The fraction of sp³-hybridized carbons (Fsp3) is 0.0952. The van der Waals surface area contributed by atoms with Crippen molar-refractivity contribution < 1.29 is 0 Å². The maximum Gasteiger partial charge on any atom is 0.163 e. The Balaban J connectivity index is 1.75. The molecule has 0 bridgehead atoms. The lowest BCUT2D eigenvalue weighted by Gasteiger charge is -2.21. The molecule has 0 radical (unpaired) electrons. The van der Waals surface area contributed by atoms with Crippen LogP contribution in [0.2, 0.25) is 10.0 Å². The van der Waals surface area contributed by atoms with Crippen molar-refractivity contribution >= 4 is 45.6 Å². The lowest BCUT2D eigenvalue weighted by Crippen LogP contribution is -2.16. The summed E-state index contributed by atoms with van der Waals surface area (Å²) in [5.74, 6) is 1.50. The van der Waals surface area contributed by atoms with Crippen molar-refractivity contribution in [1.29, 1.82) is 0 Å². The van der Waals surface area contributed by atoms with E-state index < -0.39 is 0 Å². The van der Waals surface area contributed by atoms with Crippen LogP contribution < -0.4 is 4.90 Å². The van der Waals surface area contributed by atoms with Crippen LogP contribution in [-0.4, -0.2) is 21.5 Å². The van der Waals surface area contributed by atoms with E-state index in [4.69, 9.17) is 33.2 Å². The fourth-order valence-electron chi connectivity index (χ4n) is 3.50. The van der Waals surface area contributed by atoms with E-state index in [1.54, 1.807) is 12.4 Å². The average Bonchev–Trinajstić information content (AvgIpc) is 3.10. The second-order valence-electron chi connectivity index (χ2n) is 6.45. The van der Waals surface area contributed by atoms with Gasteiger partial charge in [0.25, 0.3) is 0 Å². The van der Waals surface area contributed by atoms with Crippen LogP contribution in [0.1, 0.15) is 5.56 Å². The van der Waals surface area contributed by atoms with Gasteiger partial charge in [0.05, 0.1) is 5.52 Å². The minimum absolute atomic E-state index is 0.648. The maximum absolute atomic E-state index is 6.27. The highest BCUT2D eigenvalue weighted by Gasteiger charge is 2.24. The Morgan fingerprint density at radius 2 is 1.78 bits per heavy atom. The van der Waals surface area contributed by atoms with Crippen LogP contribution in [-0.2, 0) is 6.42 Å². The molecule has 0 atom stereocenters. The SMILES string of the molecule is Clc1ccc2c(c1)CCN2c1nc(-c2cccnc2)nc2ccc(Cl)cc12. The molecule has 0 amide bonds. The van der Waals surface area contributed by atoms with Crippen molar-refractivity contribution in [3.8, 4) is 11.4 Å². The van der Waals surface area contributed by atoms with Gasteiger partial charge in [0.2, 0.25) is 0 Å². The number of anilines is 2. The highest BCUT2D eigenvalue weighted by molar-refractivity contribution is 6.31. The van der Waals surface area contributed by atoms with Gasteiger partial charge in [0.1, 0.15) is 5.82 Å². The highest BCUT2D eigenvalue weighted by Crippen LogP contribution is 2.39. The van der Waals surface area contributed by atoms with E-state index in [9.17, 15) is 0 Å². The first kappa shape index (κ1) is 16.5. The van der Waals surface area contributed by atoms with Gasteiger partial charge in [-0.05, 0) is 60.5 Å². The van der Waals surface area contributed by atoms with Gasteiger partial charge in [-0.1, -0.05) is 23.2 Å². The predicted octanol–water partition coefficient (Wildman–Crippen LogP) is 5.69. The van der Waals surface area contributed by atoms with E-state index in [1.807, 2.05) is 48.5 Å². The van der Waals surface area contributed by atoms with Gasteiger partial charge in [0.15, 0.2) is 5.82 Å². The summed E-state index contributed by atoms with van der Waals surface area (Å²) in [5, 5.41) is 2.34. The van der Waals surface area contributed by atoms with Crippen LogP contribution in [0.15, 0.2) is 60.9 Å². The molecule has 27 heavy (non-hydrogen) atoms. The maximum atomic E-state index is 6.27. The lowest BCUT2D eigenvalue weighted by molar-refractivity contribution is 0.976. The van der Waals surface area contributed by atoms with Crippen molar-refractivity contribution in [1.82, 2.24) is 15.0 Å². The zero-order valence-electron chi connectivity index (χ0n) is 14.2. The van der Waals surface area contributed by atoms with E-state index in [0.717, 1.165) is 46.0 Å². The fourth-order valence-corrected chi connectivity index (χ4v) is 3.87. The molecular weight excluding hydrogens is 379 g/mol. The number of fused-ring (bicyclic) bond motifs is 2. The number of hydrogen-bond acceptors (Lipinski definition) is 4. The van der Waals surface area contributed by atoms with Gasteiger partial charge in [-0.3, -0.25) is 4.98 Å². The Morgan fingerprint density at radius 1 is 0.926 bits per heavy atom. The highest BCUT2D eigenvalue weighted by atomic mass is 35.5. The summed E-state index contributed by atoms with van der Waals surface area (Å²) < 4.78 is 0. The lowest BCUT2D eigenvalue weighted by atomic mass is 10.1. The standard InChI is InChI=1S/C21H14Cl2N4/c22-15-4-6-19-13(10-15)7-9-27(19)21-17-11-16(23)3-5-18(17)25-20(26-21)14-2-1-8-24-12-14/h1-6,8,10-12H,7,9H2. The van der Waals surface area contributed by atoms with Gasteiger partial charge in [-0.25, -0.2) is 9.97 Å². The second-order valence-corrected chi connectivity index (χ2v) is 7.32. The number of benzene rings is 2. The molecule has 3 heterocycles. The van der Waals surface area contributed by atoms with Crippen molar-refractivity contribution in [3.05, 3.63) is 76.5 Å². The van der Waals surface area contributed by atoms with Crippen LogP contribution in [0.25, 0.3) is 22.3 Å². The third-order valence-corrected chi connectivity index (χ3v) is 5.22. The summed E-state index contributed by atoms with van der Waals surface area (Å²) in [6.07, 6.45) is 4.44. The first-order chi connectivity index (χ1) is 13.2. The number of halogens is 2. The number of pyridine rings is 1. The minimum atomic E-state index is 0.648. The Hall–Kier alpha value is -2.69. The van der Waals surface area contributed by atoms with Gasteiger partial charge < -0.3 is 4.90 Å². The van der Waals surface area contributed by atoms with Gasteiger partial charge in [-0.2, -0.15) is 0 Å². The molecule has 0 fully saturated rings. The summed E-state index contributed by atoms with van der Waals surface area (Å²) in [4.78, 5) is 16.0. The average molecular weight is 393 g/mol. The first-order valence-corrected chi connectivity index (χ1v) is 9.38. The van der Waals surface area contributed by atoms with E-state index in [2.05, 4.69) is 9.88 Å². The zero-order chi connectivity index (χ0) is 18.4. The Morgan fingerprint density at radius 3 is 2.63 bits per heavy atom. The summed E-state index contributed by atoms with van der Waals surface area (Å²) >= 11 is 12.4. The molecule has 0 saturated heterocycles. The Bertz CT molecular complexity index is 1160. The molecule has 0 spiro atoms. The van der Waals surface area contributed by atoms with Crippen LogP contribution in [0.3, 0.4) is 0 Å². The Labute approximate surface area is 166 Å². The smallest absolute Gasteiger partial charge is 0.163 e. The minimum Gasteiger partial charge on any atom is -0.325 e. The molecule has 0 N–H and O–H groups in total. The first-order valence-electron chi connectivity index (χ1n) is 8.63. The quantitative estimate of drug-likeness (QED) is 0.439. The third kappa shape index (κ3) is 2.91. The summed E-state index contributed by atoms with van der Waals surface area (Å²) in [6, 6.07) is 15.5. The molecule has 0 aliphatic carbocycles. The molecule has 1 aliphatic rings. The number of aromatic nitrogens is 3. The molecule has 1 aliphatic heterocycles. The molecule has 4 aromatic rings. The van der Waals surface area contributed by atoms with Crippen LogP contribution in [0.5, 0.6) is 0 Å². The molecule has 4 nitrogen and oxygen atoms in total. The predicted molar refractivity (Wildman–Crippen MR) is 110 cm³/mol. The van der Waals surface area contributed by atoms with E-state index in [1.165, 1.54) is 5.56 Å². The Kier molecular flexibility index (Phi) is 3.96. The molecule has 0 unspecified atom stereocenters. The normalized spacial score (nSPS) is 13.2. The zero-order valence-corrected chi connectivity index (χ0v) is 15.7. The summed E-state index contributed by atoms with van der Waals surface area (Å²) in [6.45, 7) is 0.834. The van der Waals surface area contributed by atoms with E-state index >= 15 is 0 Å². The molecule has 2 aromatic heterocycles. The van der Waals surface area contributed by atoms with Gasteiger partial charge in [0, 0.05) is 45.6 Å². The largest absolute Gasteiger partial charge is 0.325 e. The van der Waals surface area contributed by atoms with Crippen molar-refractivity contribution in [2.24, 2.45) is 0 Å². The molecule has 6 heteroatoms. The molecular formula is C21H14Cl2N4. The van der Waals surface area contributed by atoms with Crippen LogP contribution in [0.4, 0.5) is 11.5 Å². The molecule has 2 aromatic carbocycles. The van der Waals surface area contributed by atoms with Crippen molar-refractivity contribution in [2.75, 3.05) is 11.4 Å². The van der Waals surface area contributed by atoms with Crippen molar-refractivity contribution in [3.63, 3.8) is 0 Å². The monoisotopic (exact) mass is 392 g/mol. The van der Waals surface area contributed by atoms with E-state index in [-0.39, 0.29) is 0 Å². The number of nitrogens with zero attached hydrogens (tertiary/aromatic N) is 4.